The molecule has 0 saturated carbocycles. The van der Waals surface area contributed by atoms with Gasteiger partial charge in [0.05, 0.1) is 0 Å². The molecule has 0 unspecified atom stereocenters. The number of aromatic hydroxyl groups is 1. The molecule has 0 fully saturated rings. The normalized spacial score (nSPS) is 11.3. The van der Waals surface area contributed by atoms with Crippen LogP contribution in [0.5, 0.6) is 17.5 Å². The second-order valence-electron chi connectivity index (χ2n) is 3.29. The molecule has 0 spiro atoms. The summed E-state index contributed by atoms with van der Waals surface area (Å²) in [7, 11) is 0. The summed E-state index contributed by atoms with van der Waals surface area (Å²) >= 11 is 0. The van der Waals surface area contributed by atoms with Gasteiger partial charge in [-0.15, -0.1) is 0 Å². The first-order valence-corrected chi connectivity index (χ1v) is 4.83. The number of halogens is 3. The lowest BCUT2D eigenvalue weighted by molar-refractivity contribution is -0.141. The number of rotatable bonds is 2. The first-order valence-electron chi connectivity index (χ1n) is 4.83. The van der Waals surface area contributed by atoms with Crippen LogP contribution in [-0.4, -0.2) is 15.1 Å². The molecule has 1 aromatic heterocycles. The molecule has 0 aliphatic heterocycles. The van der Waals surface area contributed by atoms with E-state index in [2.05, 4.69) is 9.97 Å². The van der Waals surface area contributed by atoms with Crippen molar-refractivity contribution < 1.29 is 23.0 Å². The number of alkyl halides is 3. The Kier molecular flexibility index (Phi) is 3.05. The fraction of sp³-hybridized carbons (Fsp3) is 0.0909. The monoisotopic (exact) mass is 256 g/mol. The molecule has 0 bridgehead atoms. The predicted molar refractivity (Wildman–Crippen MR) is 55.2 cm³/mol. The van der Waals surface area contributed by atoms with Crippen LogP contribution in [0.25, 0.3) is 0 Å². The van der Waals surface area contributed by atoms with Crippen LogP contribution >= 0.6 is 0 Å². The van der Waals surface area contributed by atoms with Crippen molar-refractivity contribution >= 4 is 0 Å². The number of aromatic nitrogens is 2. The van der Waals surface area contributed by atoms with Gasteiger partial charge in [0.2, 0.25) is 0 Å². The molecular weight excluding hydrogens is 249 g/mol. The quantitative estimate of drug-likeness (QED) is 0.897. The summed E-state index contributed by atoms with van der Waals surface area (Å²) in [5.41, 5.74) is -1.11. The third-order valence-corrected chi connectivity index (χ3v) is 1.99. The molecule has 0 saturated heterocycles. The third kappa shape index (κ3) is 2.68. The SMILES string of the molecule is Oc1ccccc1Oc1nccc(C(F)(F)F)n1. The Morgan fingerprint density at radius 2 is 1.83 bits per heavy atom. The largest absolute Gasteiger partial charge is 0.504 e. The highest BCUT2D eigenvalue weighted by Gasteiger charge is 2.33. The highest BCUT2D eigenvalue weighted by molar-refractivity contribution is 5.39. The number of nitrogens with zero attached hydrogens (tertiary/aromatic N) is 2. The molecule has 18 heavy (non-hydrogen) atoms. The van der Waals surface area contributed by atoms with Crippen molar-refractivity contribution in [3.05, 3.63) is 42.2 Å². The zero-order chi connectivity index (χ0) is 13.2. The molecule has 4 nitrogen and oxygen atoms in total. The molecule has 7 heteroatoms. The van der Waals surface area contributed by atoms with Crippen molar-refractivity contribution in [2.75, 3.05) is 0 Å². The van der Waals surface area contributed by atoms with Gasteiger partial charge < -0.3 is 9.84 Å². The van der Waals surface area contributed by atoms with Gasteiger partial charge in [0.15, 0.2) is 17.2 Å². The van der Waals surface area contributed by atoms with E-state index < -0.39 is 17.9 Å². The van der Waals surface area contributed by atoms with Gasteiger partial charge in [-0.2, -0.15) is 18.2 Å². The van der Waals surface area contributed by atoms with Crippen molar-refractivity contribution in [1.82, 2.24) is 9.97 Å². The van der Waals surface area contributed by atoms with Crippen molar-refractivity contribution in [2.24, 2.45) is 0 Å². The summed E-state index contributed by atoms with van der Waals surface area (Å²) in [5.74, 6) is -0.227. The van der Waals surface area contributed by atoms with Crippen LogP contribution in [0.3, 0.4) is 0 Å². The van der Waals surface area contributed by atoms with Crippen molar-refractivity contribution in [3.63, 3.8) is 0 Å². The van der Waals surface area contributed by atoms with Crippen LogP contribution in [0.2, 0.25) is 0 Å². The minimum atomic E-state index is -4.57. The van der Waals surface area contributed by atoms with Crippen LogP contribution in [0.4, 0.5) is 13.2 Å². The minimum absolute atomic E-state index is 0.0168. The van der Waals surface area contributed by atoms with Crippen molar-refractivity contribution in [3.8, 4) is 17.5 Å². The lowest BCUT2D eigenvalue weighted by Crippen LogP contribution is -2.08. The highest BCUT2D eigenvalue weighted by atomic mass is 19.4. The summed E-state index contributed by atoms with van der Waals surface area (Å²) in [4.78, 5) is 6.76. The molecular formula is C11H7F3N2O2. The summed E-state index contributed by atoms with van der Waals surface area (Å²) in [6.07, 6.45) is -3.63. The number of phenolic OH excluding ortho intramolecular Hbond substituents is 1. The van der Waals surface area contributed by atoms with Gasteiger partial charge in [0.25, 0.3) is 0 Å². The smallest absolute Gasteiger partial charge is 0.433 e. The van der Waals surface area contributed by atoms with E-state index in [1.807, 2.05) is 0 Å². The van der Waals surface area contributed by atoms with E-state index in [-0.39, 0.29) is 11.5 Å². The van der Waals surface area contributed by atoms with Gasteiger partial charge in [-0.05, 0) is 18.2 Å². The molecule has 0 radical (unpaired) electrons. The standard InChI is InChI=1S/C11H7F3N2O2/c12-11(13,14)9-5-6-15-10(16-9)18-8-4-2-1-3-7(8)17/h1-6,17H. The second-order valence-corrected chi connectivity index (χ2v) is 3.29. The number of phenols is 1. The number of hydrogen-bond donors (Lipinski definition) is 1. The Hall–Kier alpha value is -2.31. The van der Waals surface area contributed by atoms with E-state index in [4.69, 9.17) is 4.74 Å². The maximum Gasteiger partial charge on any atom is 0.433 e. The van der Waals surface area contributed by atoms with E-state index in [0.29, 0.717) is 0 Å². The Balaban J connectivity index is 2.28. The molecule has 1 N–H and O–H groups in total. The maximum absolute atomic E-state index is 12.4. The molecule has 0 aliphatic rings. The second kappa shape index (κ2) is 4.52. The Morgan fingerprint density at radius 3 is 2.50 bits per heavy atom. The molecule has 2 rings (SSSR count). The summed E-state index contributed by atoms with van der Waals surface area (Å²) < 4.78 is 42.1. The Labute approximate surface area is 99.7 Å². The van der Waals surface area contributed by atoms with Gasteiger partial charge in [-0.1, -0.05) is 12.1 Å². The van der Waals surface area contributed by atoms with E-state index in [1.54, 1.807) is 12.1 Å². The fourth-order valence-electron chi connectivity index (χ4n) is 1.19. The summed E-state index contributed by atoms with van der Waals surface area (Å²) in [6, 6.07) is 6.09. The lowest BCUT2D eigenvalue weighted by Gasteiger charge is -2.08. The predicted octanol–water partition coefficient (Wildman–Crippen LogP) is 2.99. The van der Waals surface area contributed by atoms with Crippen molar-refractivity contribution in [2.45, 2.75) is 6.18 Å². The van der Waals surface area contributed by atoms with Crippen LogP contribution < -0.4 is 4.74 Å². The van der Waals surface area contributed by atoms with E-state index in [1.165, 1.54) is 12.1 Å². The van der Waals surface area contributed by atoms with E-state index in [9.17, 15) is 18.3 Å². The zero-order valence-electron chi connectivity index (χ0n) is 8.85. The Morgan fingerprint density at radius 1 is 1.11 bits per heavy atom. The maximum atomic E-state index is 12.4. The molecule has 0 atom stereocenters. The molecule has 94 valence electrons. The van der Waals surface area contributed by atoms with E-state index >= 15 is 0 Å². The molecule has 1 heterocycles. The topological polar surface area (TPSA) is 55.2 Å². The average molecular weight is 256 g/mol. The molecule has 0 amide bonds. The van der Waals surface area contributed by atoms with Gasteiger partial charge in [0, 0.05) is 6.20 Å². The zero-order valence-corrected chi connectivity index (χ0v) is 8.85. The first kappa shape index (κ1) is 12.2. The summed E-state index contributed by atoms with van der Waals surface area (Å²) in [6.45, 7) is 0. The van der Waals surface area contributed by atoms with E-state index in [0.717, 1.165) is 12.3 Å². The minimum Gasteiger partial charge on any atom is -0.504 e. The number of para-hydroxylation sites is 2. The number of hydrogen-bond acceptors (Lipinski definition) is 4. The van der Waals surface area contributed by atoms with Crippen LogP contribution in [0.15, 0.2) is 36.5 Å². The third-order valence-electron chi connectivity index (χ3n) is 1.99. The van der Waals surface area contributed by atoms with Gasteiger partial charge >= 0.3 is 12.2 Å². The molecule has 1 aromatic carbocycles. The van der Waals surface area contributed by atoms with Crippen molar-refractivity contribution in [1.29, 1.82) is 0 Å². The van der Waals surface area contributed by atoms with Gasteiger partial charge in [0.1, 0.15) is 0 Å². The number of benzene rings is 1. The lowest BCUT2D eigenvalue weighted by atomic mass is 10.3. The van der Waals surface area contributed by atoms with Gasteiger partial charge in [-0.3, -0.25) is 0 Å². The fourth-order valence-corrected chi connectivity index (χ4v) is 1.19. The highest BCUT2D eigenvalue weighted by Crippen LogP contribution is 2.31. The molecule has 2 aromatic rings. The average Bonchev–Trinajstić information content (AvgIpc) is 2.31. The summed E-state index contributed by atoms with van der Waals surface area (Å²) in [5, 5.41) is 9.40. The Bertz CT molecular complexity index is 558. The first-order chi connectivity index (χ1) is 8.47. The van der Waals surface area contributed by atoms with Gasteiger partial charge in [-0.25, -0.2) is 4.98 Å². The van der Waals surface area contributed by atoms with Crippen LogP contribution in [-0.2, 0) is 6.18 Å². The van der Waals surface area contributed by atoms with Crippen LogP contribution in [0, 0.1) is 0 Å². The number of ether oxygens (including phenoxy) is 1. The van der Waals surface area contributed by atoms with Crippen LogP contribution in [0.1, 0.15) is 5.69 Å². The molecule has 0 aliphatic carbocycles.